The molecule has 0 bridgehead atoms. The second-order valence-corrected chi connectivity index (χ2v) is 7.58. The number of ketones is 1. The number of hydrogen-bond acceptors (Lipinski definition) is 7. The van der Waals surface area contributed by atoms with Crippen molar-refractivity contribution in [3.8, 4) is 0 Å². The van der Waals surface area contributed by atoms with Crippen molar-refractivity contribution < 1.29 is 17.9 Å². The summed E-state index contributed by atoms with van der Waals surface area (Å²) in [6, 6.07) is 0. The second kappa shape index (κ2) is 5.71. The van der Waals surface area contributed by atoms with Crippen molar-refractivity contribution in [2.45, 2.75) is 18.2 Å². The predicted octanol–water partition coefficient (Wildman–Crippen LogP) is 1.16. The number of sulfone groups is 1. The van der Waals surface area contributed by atoms with Crippen molar-refractivity contribution in [2.24, 2.45) is 0 Å². The predicted molar refractivity (Wildman–Crippen MR) is 79.5 cm³/mol. The Balaban J connectivity index is 2.57. The van der Waals surface area contributed by atoms with Gasteiger partial charge in [-0.05, 0) is 0 Å². The van der Waals surface area contributed by atoms with Crippen molar-refractivity contribution in [1.82, 2.24) is 0 Å². The fraction of sp³-hybridized carbons (Fsp3) is 0.583. The molecule has 1 aliphatic rings. The molecule has 0 unspecified atom stereocenters. The Labute approximate surface area is 122 Å². The van der Waals surface area contributed by atoms with Crippen LogP contribution < -0.4 is 10.6 Å². The maximum Gasteiger partial charge on any atom is 0.180 e. The fourth-order valence-corrected chi connectivity index (χ4v) is 4.89. The number of nitrogens with zero attached hydrogens (tertiary/aromatic N) is 1. The number of Topliss-reactive ketones (excluding diaryl/α,β-unsaturated/α-hetero) is 1. The molecule has 6 nitrogen and oxygen atoms in total. The summed E-state index contributed by atoms with van der Waals surface area (Å²) < 4.78 is 29.3. The standard InChI is InChI=1S/C12H18N2O4S2/c1-3-8(15)10-9(13)11(20(2,16)17)12(19-10)14-4-6-18-7-5-14/h3-7,13H2,1-2H3. The molecule has 2 N–H and O–H groups in total. The van der Waals surface area contributed by atoms with E-state index in [9.17, 15) is 13.2 Å². The molecule has 0 radical (unpaired) electrons. The van der Waals surface area contributed by atoms with Crippen LogP contribution in [0.2, 0.25) is 0 Å². The van der Waals surface area contributed by atoms with Crippen molar-refractivity contribution in [2.75, 3.05) is 43.2 Å². The summed E-state index contributed by atoms with van der Waals surface area (Å²) in [4.78, 5) is 14.3. The van der Waals surface area contributed by atoms with Crippen LogP contribution in [0.4, 0.5) is 10.7 Å². The highest BCUT2D eigenvalue weighted by atomic mass is 32.2. The van der Waals surface area contributed by atoms with E-state index in [1.165, 1.54) is 11.3 Å². The normalized spacial score (nSPS) is 16.4. The molecule has 20 heavy (non-hydrogen) atoms. The lowest BCUT2D eigenvalue weighted by molar-refractivity contribution is 0.0992. The molecule has 0 atom stereocenters. The van der Waals surface area contributed by atoms with E-state index in [0.717, 1.165) is 6.26 Å². The number of anilines is 2. The van der Waals surface area contributed by atoms with E-state index in [0.29, 0.717) is 42.6 Å². The Bertz CT molecular complexity index is 616. The smallest absolute Gasteiger partial charge is 0.180 e. The number of nitrogen functional groups attached to an aromatic ring is 1. The molecule has 8 heteroatoms. The third-order valence-corrected chi connectivity index (χ3v) is 5.72. The average Bonchev–Trinajstić information content (AvgIpc) is 2.76. The van der Waals surface area contributed by atoms with E-state index in [2.05, 4.69) is 0 Å². The van der Waals surface area contributed by atoms with Crippen LogP contribution in [0.25, 0.3) is 0 Å². The summed E-state index contributed by atoms with van der Waals surface area (Å²) in [5.41, 5.74) is 6.01. The van der Waals surface area contributed by atoms with Gasteiger partial charge in [-0.25, -0.2) is 8.42 Å². The zero-order chi connectivity index (χ0) is 14.9. The Morgan fingerprint density at radius 2 is 2.00 bits per heavy atom. The molecule has 1 saturated heterocycles. The maximum atomic E-state index is 12.0. The molecule has 0 amide bonds. The van der Waals surface area contributed by atoms with Gasteiger partial charge in [0, 0.05) is 25.8 Å². The lowest BCUT2D eigenvalue weighted by Crippen LogP contribution is -2.36. The molecule has 0 aromatic carbocycles. The monoisotopic (exact) mass is 318 g/mol. The fourth-order valence-electron chi connectivity index (χ4n) is 2.12. The maximum absolute atomic E-state index is 12.0. The van der Waals surface area contributed by atoms with Crippen molar-refractivity contribution in [1.29, 1.82) is 0 Å². The minimum Gasteiger partial charge on any atom is -0.396 e. The number of hydrogen-bond donors (Lipinski definition) is 1. The van der Waals surface area contributed by atoms with E-state index in [1.807, 2.05) is 4.90 Å². The van der Waals surface area contributed by atoms with Crippen LogP contribution >= 0.6 is 11.3 Å². The number of morpholine rings is 1. The first-order valence-electron chi connectivity index (χ1n) is 6.34. The Morgan fingerprint density at radius 3 is 2.50 bits per heavy atom. The van der Waals surface area contributed by atoms with E-state index in [1.54, 1.807) is 6.92 Å². The molecule has 112 valence electrons. The van der Waals surface area contributed by atoms with Crippen LogP contribution in [0.15, 0.2) is 4.90 Å². The largest absolute Gasteiger partial charge is 0.396 e. The summed E-state index contributed by atoms with van der Waals surface area (Å²) in [7, 11) is -3.48. The van der Waals surface area contributed by atoms with Gasteiger partial charge in [0.15, 0.2) is 15.6 Å². The zero-order valence-corrected chi connectivity index (χ0v) is 13.1. The summed E-state index contributed by atoms with van der Waals surface area (Å²) >= 11 is 1.17. The highest BCUT2D eigenvalue weighted by molar-refractivity contribution is 7.91. The van der Waals surface area contributed by atoms with Crippen molar-refractivity contribution in [3.05, 3.63) is 4.88 Å². The molecular formula is C12H18N2O4S2. The molecule has 1 fully saturated rings. The van der Waals surface area contributed by atoms with Crippen LogP contribution in [-0.4, -0.2) is 46.8 Å². The van der Waals surface area contributed by atoms with Gasteiger partial charge in [0.25, 0.3) is 0 Å². The Morgan fingerprint density at radius 1 is 1.40 bits per heavy atom. The quantitative estimate of drug-likeness (QED) is 0.838. The lowest BCUT2D eigenvalue weighted by Gasteiger charge is -2.28. The molecule has 1 aromatic heterocycles. The Hall–Kier alpha value is -1.12. The highest BCUT2D eigenvalue weighted by Gasteiger charge is 2.29. The van der Waals surface area contributed by atoms with Gasteiger partial charge in [0.05, 0.1) is 23.8 Å². The molecule has 2 heterocycles. The average molecular weight is 318 g/mol. The first-order chi connectivity index (χ1) is 9.36. The van der Waals surface area contributed by atoms with Gasteiger partial charge in [-0.2, -0.15) is 0 Å². The van der Waals surface area contributed by atoms with Crippen LogP contribution in [0.1, 0.15) is 23.0 Å². The zero-order valence-electron chi connectivity index (χ0n) is 11.5. The minimum absolute atomic E-state index is 0.0844. The topological polar surface area (TPSA) is 89.7 Å². The Kier molecular flexibility index (Phi) is 4.36. The lowest BCUT2D eigenvalue weighted by atomic mass is 10.2. The van der Waals surface area contributed by atoms with E-state index < -0.39 is 9.84 Å². The molecule has 0 saturated carbocycles. The molecule has 2 rings (SSSR count). The highest BCUT2D eigenvalue weighted by Crippen LogP contribution is 2.42. The van der Waals surface area contributed by atoms with Gasteiger partial charge >= 0.3 is 0 Å². The molecule has 0 spiro atoms. The summed E-state index contributed by atoms with van der Waals surface area (Å²) in [6.45, 7) is 4.01. The van der Waals surface area contributed by atoms with Gasteiger partial charge < -0.3 is 15.4 Å². The number of thiophene rings is 1. The van der Waals surface area contributed by atoms with Crippen LogP contribution in [0.5, 0.6) is 0 Å². The minimum atomic E-state index is -3.48. The van der Waals surface area contributed by atoms with Crippen molar-refractivity contribution in [3.63, 3.8) is 0 Å². The summed E-state index contributed by atoms with van der Waals surface area (Å²) in [6.07, 6.45) is 1.42. The van der Waals surface area contributed by atoms with Crippen LogP contribution in [-0.2, 0) is 14.6 Å². The number of ether oxygens (including phenoxy) is 1. The number of carbonyl (C=O) groups excluding carboxylic acids is 1. The van der Waals surface area contributed by atoms with Gasteiger partial charge in [-0.3, -0.25) is 4.79 Å². The number of rotatable bonds is 4. The second-order valence-electron chi connectivity index (χ2n) is 4.63. The molecule has 1 aliphatic heterocycles. The van der Waals surface area contributed by atoms with Gasteiger partial charge in [-0.15, -0.1) is 11.3 Å². The summed E-state index contributed by atoms with van der Waals surface area (Å²) in [5.74, 6) is -0.128. The third kappa shape index (κ3) is 2.82. The molecular weight excluding hydrogens is 300 g/mol. The van der Waals surface area contributed by atoms with E-state index in [-0.39, 0.29) is 16.4 Å². The van der Waals surface area contributed by atoms with Crippen LogP contribution in [0.3, 0.4) is 0 Å². The SMILES string of the molecule is CCC(=O)c1sc(N2CCOCC2)c(S(C)(=O)=O)c1N. The molecule has 1 aromatic rings. The van der Waals surface area contributed by atoms with Gasteiger partial charge in [0.2, 0.25) is 0 Å². The van der Waals surface area contributed by atoms with E-state index >= 15 is 0 Å². The third-order valence-electron chi connectivity index (χ3n) is 3.13. The van der Waals surface area contributed by atoms with Gasteiger partial charge in [0.1, 0.15) is 9.90 Å². The summed E-state index contributed by atoms with van der Waals surface area (Å²) in [5, 5.41) is 0.560. The first-order valence-corrected chi connectivity index (χ1v) is 9.05. The number of carbonyl (C=O) groups is 1. The van der Waals surface area contributed by atoms with Crippen molar-refractivity contribution >= 4 is 37.6 Å². The number of nitrogens with two attached hydrogens (primary N) is 1. The first kappa shape index (κ1) is 15.3. The van der Waals surface area contributed by atoms with Gasteiger partial charge in [-0.1, -0.05) is 6.92 Å². The van der Waals surface area contributed by atoms with Crippen LogP contribution in [0, 0.1) is 0 Å². The van der Waals surface area contributed by atoms with E-state index in [4.69, 9.17) is 10.5 Å². The molecule has 0 aliphatic carbocycles.